The van der Waals surface area contributed by atoms with E-state index < -0.39 is 10.0 Å². The maximum absolute atomic E-state index is 11.5. The number of nitrogens with zero attached hydrogens (tertiary/aromatic N) is 4. The number of hydrogen-bond acceptors (Lipinski definition) is 7. The minimum atomic E-state index is -3.79. The first kappa shape index (κ1) is 18.8. The molecule has 0 saturated carbocycles. The molecule has 0 radical (unpaired) electrons. The molecule has 2 aromatic heterocycles. The van der Waals surface area contributed by atoms with Gasteiger partial charge in [0.05, 0.1) is 10.4 Å². The highest BCUT2D eigenvalue weighted by molar-refractivity contribution is 7.89. The second-order valence-electron chi connectivity index (χ2n) is 6.53. The molecule has 0 aliphatic rings. The van der Waals surface area contributed by atoms with E-state index in [4.69, 9.17) is 5.14 Å². The first-order chi connectivity index (χ1) is 13.8. The van der Waals surface area contributed by atoms with Gasteiger partial charge in [0.1, 0.15) is 5.82 Å². The first-order valence-electron chi connectivity index (χ1n) is 8.73. The van der Waals surface area contributed by atoms with Crippen molar-refractivity contribution >= 4 is 44.1 Å². The summed E-state index contributed by atoms with van der Waals surface area (Å²) in [7, 11) is -1.87. The maximum Gasteiger partial charge on any atom is 0.238 e. The van der Waals surface area contributed by atoms with E-state index in [0.717, 1.165) is 22.3 Å². The van der Waals surface area contributed by atoms with Gasteiger partial charge in [-0.25, -0.2) is 18.5 Å². The number of nitrogens with two attached hydrogens (primary N) is 1. The molecule has 0 fully saturated rings. The number of sulfonamides is 1. The topological polar surface area (TPSA) is 128 Å². The zero-order chi connectivity index (χ0) is 20.6. The molecular weight excluding hydrogens is 390 g/mol. The molecular formula is C19H19N7O2S. The minimum absolute atomic E-state index is 0.00994. The second kappa shape index (κ2) is 7.15. The van der Waals surface area contributed by atoms with Gasteiger partial charge in [-0.2, -0.15) is 10.1 Å². The van der Waals surface area contributed by atoms with Crippen molar-refractivity contribution in [3.63, 3.8) is 0 Å². The van der Waals surface area contributed by atoms with Gasteiger partial charge in [-0.15, -0.1) is 0 Å². The average molecular weight is 409 g/mol. The van der Waals surface area contributed by atoms with Crippen LogP contribution in [0.3, 0.4) is 0 Å². The molecule has 0 saturated heterocycles. The van der Waals surface area contributed by atoms with Gasteiger partial charge in [0.15, 0.2) is 0 Å². The van der Waals surface area contributed by atoms with Gasteiger partial charge < -0.3 is 10.6 Å². The Morgan fingerprint density at radius 2 is 1.83 bits per heavy atom. The van der Waals surface area contributed by atoms with Gasteiger partial charge in [0, 0.05) is 35.7 Å². The molecule has 0 bridgehead atoms. The van der Waals surface area contributed by atoms with Crippen LogP contribution in [0.15, 0.2) is 59.6 Å². The van der Waals surface area contributed by atoms with Gasteiger partial charge in [-0.3, -0.25) is 4.68 Å². The van der Waals surface area contributed by atoms with Crippen molar-refractivity contribution < 1.29 is 8.42 Å². The molecule has 0 spiro atoms. The van der Waals surface area contributed by atoms with Crippen LogP contribution >= 0.6 is 0 Å². The predicted molar refractivity (Wildman–Crippen MR) is 112 cm³/mol. The number of nitrogens with one attached hydrogen (secondary N) is 2. The second-order valence-corrected chi connectivity index (χ2v) is 8.09. The van der Waals surface area contributed by atoms with E-state index in [0.29, 0.717) is 17.5 Å². The van der Waals surface area contributed by atoms with Crippen LogP contribution in [0.5, 0.6) is 0 Å². The lowest BCUT2D eigenvalue weighted by Crippen LogP contribution is -2.12. The van der Waals surface area contributed by atoms with Gasteiger partial charge in [-0.1, -0.05) is 6.07 Å². The van der Waals surface area contributed by atoms with Crippen molar-refractivity contribution in [2.75, 3.05) is 10.6 Å². The van der Waals surface area contributed by atoms with Crippen molar-refractivity contribution in [3.05, 3.63) is 60.4 Å². The quantitative estimate of drug-likeness (QED) is 0.462. The number of rotatable bonds is 5. The summed E-state index contributed by atoms with van der Waals surface area (Å²) in [6, 6.07) is 13.8. The van der Waals surface area contributed by atoms with E-state index in [-0.39, 0.29) is 4.90 Å². The van der Waals surface area contributed by atoms with Crippen LogP contribution in [0, 0.1) is 6.92 Å². The van der Waals surface area contributed by atoms with Crippen molar-refractivity contribution in [2.45, 2.75) is 11.8 Å². The number of aromatic nitrogens is 4. The Kier molecular flexibility index (Phi) is 4.65. The van der Waals surface area contributed by atoms with Crippen LogP contribution in [0.25, 0.3) is 10.9 Å². The monoisotopic (exact) mass is 409 g/mol. The highest BCUT2D eigenvalue weighted by atomic mass is 32.2. The van der Waals surface area contributed by atoms with E-state index in [2.05, 4.69) is 25.7 Å². The van der Waals surface area contributed by atoms with Crippen LogP contribution in [-0.4, -0.2) is 28.2 Å². The van der Waals surface area contributed by atoms with Crippen molar-refractivity contribution in [2.24, 2.45) is 12.2 Å². The molecule has 0 atom stereocenters. The number of fused-ring (bicyclic) bond motifs is 1. The Hall–Kier alpha value is -3.50. The Morgan fingerprint density at radius 3 is 2.62 bits per heavy atom. The summed E-state index contributed by atoms with van der Waals surface area (Å²) in [4.78, 5) is 8.60. The van der Waals surface area contributed by atoms with Crippen LogP contribution in [-0.2, 0) is 17.1 Å². The smallest absolute Gasteiger partial charge is 0.238 e. The van der Waals surface area contributed by atoms with Gasteiger partial charge >= 0.3 is 0 Å². The fourth-order valence-corrected chi connectivity index (χ4v) is 3.48. The van der Waals surface area contributed by atoms with E-state index in [9.17, 15) is 8.42 Å². The summed E-state index contributed by atoms with van der Waals surface area (Å²) in [5.74, 6) is 0.897. The lowest BCUT2D eigenvalue weighted by Gasteiger charge is -2.09. The molecule has 29 heavy (non-hydrogen) atoms. The summed E-state index contributed by atoms with van der Waals surface area (Å²) in [6.07, 6.45) is 1.60. The Bertz CT molecular complexity index is 1320. The lowest BCUT2D eigenvalue weighted by molar-refractivity contribution is 0.598. The molecule has 2 aromatic carbocycles. The van der Waals surface area contributed by atoms with E-state index in [1.807, 2.05) is 36.9 Å². The molecule has 0 amide bonds. The van der Waals surface area contributed by atoms with E-state index in [1.165, 1.54) is 12.1 Å². The minimum Gasteiger partial charge on any atom is -0.340 e. The number of benzene rings is 2. The average Bonchev–Trinajstić information content (AvgIpc) is 2.95. The number of hydrogen-bond donors (Lipinski definition) is 3. The SMILES string of the molecule is Cc1c2ccc(Nc3ccnc(Nc4cccc(S(N)(=O)=O)c4)n3)cc2nn1C. The third kappa shape index (κ3) is 4.03. The highest BCUT2D eigenvalue weighted by Crippen LogP contribution is 2.24. The zero-order valence-corrected chi connectivity index (χ0v) is 16.6. The summed E-state index contributed by atoms with van der Waals surface area (Å²) in [5, 5.41) is 17.0. The molecule has 0 aliphatic heterocycles. The normalized spacial score (nSPS) is 11.6. The third-order valence-corrected chi connectivity index (χ3v) is 5.39. The summed E-state index contributed by atoms with van der Waals surface area (Å²) < 4.78 is 24.9. The maximum atomic E-state index is 11.5. The molecule has 148 valence electrons. The molecule has 2 heterocycles. The van der Waals surface area contributed by atoms with Gasteiger partial charge in [0.2, 0.25) is 16.0 Å². The number of primary sulfonamides is 1. The fraction of sp³-hybridized carbons (Fsp3) is 0.105. The molecule has 4 aromatic rings. The first-order valence-corrected chi connectivity index (χ1v) is 10.3. The van der Waals surface area contributed by atoms with Crippen molar-refractivity contribution in [1.29, 1.82) is 0 Å². The molecule has 4 rings (SSSR count). The summed E-state index contributed by atoms with van der Waals surface area (Å²) in [5.41, 5.74) is 3.35. The highest BCUT2D eigenvalue weighted by Gasteiger charge is 2.09. The molecule has 9 nitrogen and oxygen atoms in total. The number of anilines is 4. The summed E-state index contributed by atoms with van der Waals surface area (Å²) in [6.45, 7) is 2.02. The van der Waals surface area contributed by atoms with Crippen LogP contribution in [0.2, 0.25) is 0 Å². The third-order valence-electron chi connectivity index (χ3n) is 4.48. The molecule has 0 aliphatic carbocycles. The summed E-state index contributed by atoms with van der Waals surface area (Å²) >= 11 is 0. The Morgan fingerprint density at radius 1 is 1.03 bits per heavy atom. The van der Waals surface area contributed by atoms with E-state index >= 15 is 0 Å². The van der Waals surface area contributed by atoms with Gasteiger partial charge in [0.25, 0.3) is 0 Å². The van der Waals surface area contributed by atoms with Crippen LogP contribution in [0.1, 0.15) is 5.69 Å². The van der Waals surface area contributed by atoms with Crippen LogP contribution in [0.4, 0.5) is 23.1 Å². The van der Waals surface area contributed by atoms with Crippen LogP contribution < -0.4 is 15.8 Å². The zero-order valence-electron chi connectivity index (χ0n) is 15.8. The molecule has 10 heteroatoms. The molecule has 0 unspecified atom stereocenters. The predicted octanol–water partition coefficient (Wildman–Crippen LogP) is 2.81. The lowest BCUT2D eigenvalue weighted by atomic mass is 10.2. The van der Waals surface area contributed by atoms with Crippen molar-refractivity contribution in [1.82, 2.24) is 19.7 Å². The Balaban J connectivity index is 1.56. The molecule has 4 N–H and O–H groups in total. The standard InChI is InChI=1S/C19H19N7O2S/c1-12-16-7-6-14(11-17(16)25-26(12)2)22-18-8-9-21-19(24-18)23-13-4-3-5-15(10-13)29(20,27)28/h3-11H,1-2H3,(H2,20,27,28)(H2,21,22,23,24). The van der Waals surface area contributed by atoms with Gasteiger partial charge in [-0.05, 0) is 49.4 Å². The fourth-order valence-electron chi connectivity index (χ4n) is 2.93. The van der Waals surface area contributed by atoms with Crippen molar-refractivity contribution in [3.8, 4) is 0 Å². The largest absolute Gasteiger partial charge is 0.340 e. The van der Waals surface area contributed by atoms with E-state index in [1.54, 1.807) is 24.4 Å². The Labute approximate surface area is 167 Å². The number of aryl methyl sites for hydroxylation is 2.